The number of hydrogen-bond acceptors (Lipinski definition) is 20. The van der Waals surface area contributed by atoms with Crippen molar-refractivity contribution in [2.75, 3.05) is 41.0 Å². The second kappa shape index (κ2) is 29.0. The first-order valence-corrected chi connectivity index (χ1v) is 27.7. The second-order valence-electron chi connectivity index (χ2n) is 20.2. The maximum Gasteiger partial charge on any atom is 1.00 e. The van der Waals surface area contributed by atoms with Gasteiger partial charge in [0.1, 0.15) is 23.0 Å². The summed E-state index contributed by atoms with van der Waals surface area (Å²) in [6.07, 6.45) is 7.72. The summed E-state index contributed by atoms with van der Waals surface area (Å²) in [6.45, 7) is 5.54. The Morgan fingerprint density at radius 1 is 0.477 bits per heavy atom. The van der Waals surface area contributed by atoms with E-state index in [0.717, 1.165) is 57.7 Å². The summed E-state index contributed by atoms with van der Waals surface area (Å²) in [7, 11) is 2.96. The molecule has 4 aliphatic rings. The zero-order valence-corrected chi connectivity index (χ0v) is 53.1. The van der Waals surface area contributed by atoms with Gasteiger partial charge in [0.05, 0.1) is 63.6 Å². The summed E-state index contributed by atoms with van der Waals surface area (Å²) < 4.78 is 68.4. The van der Waals surface area contributed by atoms with Crippen molar-refractivity contribution in [3.63, 3.8) is 0 Å². The van der Waals surface area contributed by atoms with Crippen molar-refractivity contribution in [3.8, 4) is 80.5 Å². The van der Waals surface area contributed by atoms with Crippen LogP contribution in [0.5, 0.6) is 80.5 Å². The van der Waals surface area contributed by atoms with Crippen molar-refractivity contribution in [2.24, 2.45) is 11.8 Å². The topological polar surface area (TPSA) is 251 Å². The minimum absolute atomic E-state index is 0. The fourth-order valence-electron chi connectivity index (χ4n) is 10.8. The predicted molar refractivity (Wildman–Crippen MR) is 302 cm³/mol. The van der Waals surface area contributed by atoms with Crippen LogP contribution in [0.2, 0.25) is 0 Å². The maximum absolute atomic E-state index is 14.0. The van der Waals surface area contributed by atoms with Gasteiger partial charge < -0.3 is 76.6 Å². The van der Waals surface area contributed by atoms with Gasteiger partial charge in [-0.2, -0.15) is 0 Å². The van der Waals surface area contributed by atoms with Crippen molar-refractivity contribution < 1.29 is 145 Å². The number of aromatic nitrogens is 2. The van der Waals surface area contributed by atoms with Crippen LogP contribution in [0.3, 0.4) is 0 Å². The number of carboxylic acids is 2. The fraction of sp³-hybridized carbons (Fsp3) is 0.242. The molecule has 2 aliphatic carbocycles. The number of pyridine rings is 2. The number of benzene rings is 6. The molecule has 8 aromatic rings. The number of ether oxygens (including phenoxy) is 12. The molecule has 22 heteroatoms. The van der Waals surface area contributed by atoms with Crippen LogP contribution in [0.1, 0.15) is 92.6 Å². The number of fused-ring (bicyclic) bond motifs is 4. The van der Waals surface area contributed by atoms with Crippen LogP contribution in [0.15, 0.2) is 146 Å². The minimum Gasteiger partial charge on any atom is -0.545 e. The van der Waals surface area contributed by atoms with Crippen LogP contribution in [0.4, 0.5) is 0 Å². The number of carbonyl (C=O) groups excluding carboxylic acids is 4. The molecule has 0 amide bonds. The van der Waals surface area contributed by atoms with Crippen LogP contribution >= 0.6 is 0 Å². The number of nitrogens with zero attached hydrogens (tertiary/aromatic N) is 2. The van der Waals surface area contributed by atoms with Crippen molar-refractivity contribution in [1.82, 2.24) is 9.97 Å². The second-order valence-corrected chi connectivity index (χ2v) is 20.2. The Morgan fingerprint density at radius 3 is 1.28 bits per heavy atom. The molecule has 88 heavy (non-hydrogen) atoms. The summed E-state index contributed by atoms with van der Waals surface area (Å²) in [5.74, 6) is -0.655. The van der Waals surface area contributed by atoms with Gasteiger partial charge in [0.15, 0.2) is 57.5 Å². The minimum atomic E-state index is -1.43. The first kappa shape index (κ1) is 64.0. The van der Waals surface area contributed by atoms with Gasteiger partial charge in [-0.05, 0) is 144 Å². The molecule has 0 saturated heterocycles. The molecule has 6 aromatic carbocycles. The number of carboxylic acid groups (broad SMARTS) is 2. The summed E-state index contributed by atoms with van der Waals surface area (Å²) >= 11 is 0. The number of rotatable bonds is 20. The molecule has 0 N–H and O–H groups in total. The molecule has 4 atom stereocenters. The molecule has 2 aromatic heterocycles. The molecule has 12 rings (SSSR count). The summed E-state index contributed by atoms with van der Waals surface area (Å²) in [5, 5.41) is 23.3. The Balaban J connectivity index is 0.000000205. The van der Waals surface area contributed by atoms with Crippen LogP contribution in [-0.4, -0.2) is 74.9 Å². The van der Waals surface area contributed by atoms with Crippen molar-refractivity contribution in [3.05, 3.63) is 191 Å². The zero-order chi connectivity index (χ0) is 59.8. The zero-order valence-electron chi connectivity index (χ0n) is 49.1. The van der Waals surface area contributed by atoms with Gasteiger partial charge in [0.2, 0.25) is 13.6 Å². The van der Waals surface area contributed by atoms with Gasteiger partial charge in [0.25, 0.3) is 0 Å². The van der Waals surface area contributed by atoms with E-state index < -0.39 is 35.7 Å². The first-order valence-electron chi connectivity index (χ1n) is 27.7. The number of esters is 2. The normalized spacial score (nSPS) is 16.0. The van der Waals surface area contributed by atoms with E-state index in [1.807, 2.05) is 86.6 Å². The SMILES string of the molecule is CCCOc1ccc2c(c1)CC(C(=O)Oc1ccc(OC)cc1Oc1cnccc1C(=O)[O-])C2c1ccc2c(c1)OCO2.CCCOc1ccc2c(c1)CC(C(=O)Oc1ccc(OC)cc1Oc1cnccc1C(=O)[O-])C2c1ccc2c(c1)OCO2.[Na+].[Na+]. The molecule has 2 aliphatic heterocycles. The fourth-order valence-corrected chi connectivity index (χ4v) is 10.8. The Labute approximate surface area is 550 Å². The summed E-state index contributed by atoms with van der Waals surface area (Å²) in [6, 6.07) is 35.0. The molecule has 4 heterocycles. The Morgan fingerprint density at radius 2 is 0.886 bits per heavy atom. The van der Waals surface area contributed by atoms with Gasteiger partial charge in [-0.3, -0.25) is 19.6 Å². The Bertz CT molecular complexity index is 3630. The molecule has 0 spiro atoms. The average molecular weight is 1210 g/mol. The molecule has 0 saturated carbocycles. The van der Waals surface area contributed by atoms with E-state index in [1.54, 1.807) is 12.1 Å². The number of methoxy groups -OCH3 is 2. The van der Waals surface area contributed by atoms with Crippen molar-refractivity contribution >= 4 is 23.9 Å². The Kier molecular flexibility index (Phi) is 21.1. The molecular weight excluding hydrogens is 1150 g/mol. The van der Waals surface area contributed by atoms with E-state index in [-0.39, 0.29) is 130 Å². The largest absolute Gasteiger partial charge is 1.00 e. The molecule has 0 fully saturated rings. The van der Waals surface area contributed by atoms with Crippen LogP contribution < -0.4 is 126 Å². The van der Waals surface area contributed by atoms with Gasteiger partial charge in [0, 0.05) is 47.5 Å². The van der Waals surface area contributed by atoms with E-state index in [4.69, 9.17) is 56.8 Å². The van der Waals surface area contributed by atoms with Crippen LogP contribution in [0.25, 0.3) is 0 Å². The number of carbonyl (C=O) groups is 4. The van der Waals surface area contributed by atoms with Crippen LogP contribution in [-0.2, 0) is 22.4 Å². The average Bonchev–Trinajstić information content (AvgIpc) is 1.78. The van der Waals surface area contributed by atoms with Crippen molar-refractivity contribution in [2.45, 2.75) is 51.4 Å². The molecule has 4 unspecified atom stereocenters. The molecular formula is C66H56N2Na2O18. The molecule has 440 valence electrons. The summed E-state index contributed by atoms with van der Waals surface area (Å²) in [4.78, 5) is 59.2. The third-order valence-corrected chi connectivity index (χ3v) is 14.8. The number of aromatic carboxylic acids is 2. The van der Waals surface area contributed by atoms with E-state index in [0.29, 0.717) is 60.6 Å². The standard InChI is InChI=1S/2C33H29NO9.2Na/c2*1-3-12-39-22-5-7-23-20(13-22)14-25(31(23)19-4-8-26-28(15-19)41-18-40-26)33(37)43-27-9-6-21(38-2)16-29(27)42-30-17-34-11-10-24(30)32(35)36;;/h2*4-11,13,15-17,25,31H,3,12,14,18H2,1-2H3,(H,35,36);;/q;;2*+1/p-2. The number of hydrogen-bond donors (Lipinski definition) is 0. The summed E-state index contributed by atoms with van der Waals surface area (Å²) in [5.41, 5.74) is 5.31. The third-order valence-electron chi connectivity index (χ3n) is 14.8. The van der Waals surface area contributed by atoms with E-state index in [1.165, 1.54) is 75.4 Å². The maximum atomic E-state index is 14.0. The van der Waals surface area contributed by atoms with E-state index in [2.05, 4.69) is 9.97 Å². The monoisotopic (exact) mass is 1210 g/mol. The Hall–Kier alpha value is -8.50. The van der Waals surface area contributed by atoms with Gasteiger partial charge in [-0.1, -0.05) is 38.1 Å². The van der Waals surface area contributed by atoms with E-state index in [9.17, 15) is 29.4 Å². The first-order chi connectivity index (χ1) is 41.9. The van der Waals surface area contributed by atoms with E-state index >= 15 is 0 Å². The van der Waals surface area contributed by atoms with Crippen molar-refractivity contribution in [1.29, 1.82) is 0 Å². The van der Waals surface area contributed by atoms with Gasteiger partial charge in [-0.15, -0.1) is 0 Å². The molecule has 0 radical (unpaired) electrons. The third kappa shape index (κ3) is 14.1. The van der Waals surface area contributed by atoms with Gasteiger partial charge >= 0.3 is 71.1 Å². The van der Waals surface area contributed by atoms with Gasteiger partial charge in [-0.25, -0.2) is 0 Å². The quantitative estimate of drug-likeness (QED) is 0.0603. The molecule has 0 bridgehead atoms. The predicted octanol–water partition coefficient (Wildman–Crippen LogP) is 3.35. The molecule has 20 nitrogen and oxygen atoms in total. The smallest absolute Gasteiger partial charge is 0.545 e. The van der Waals surface area contributed by atoms with Crippen LogP contribution in [0, 0.1) is 11.8 Å².